The van der Waals surface area contributed by atoms with Crippen LogP contribution in [0.25, 0.3) is 16.6 Å². The van der Waals surface area contributed by atoms with Crippen molar-refractivity contribution in [2.24, 2.45) is 5.92 Å². The van der Waals surface area contributed by atoms with Crippen LogP contribution in [0.3, 0.4) is 0 Å². The number of benzene rings is 3. The molecule has 0 spiro atoms. The summed E-state index contributed by atoms with van der Waals surface area (Å²) in [5, 5.41) is 8.73. The highest BCUT2D eigenvalue weighted by Gasteiger charge is 2.48. The maximum Gasteiger partial charge on any atom is 0.289 e. The molecule has 3 heterocycles. The average Bonchev–Trinajstić information content (AvgIpc) is 3.48. The minimum Gasteiger partial charge on any atom is -0.343 e. The molecule has 0 aliphatic carbocycles. The lowest BCUT2D eigenvalue weighted by atomic mass is 9.94. The standard InChI is InChI=1S/C29H22ClFN6O2/c1-17-25(35-28(38)27-32-13-4-14-33-27)26(22-5-2-3-6-23(22)30)36(29(17)39)21-11-12-24-18(15-21)16-34-37(24)20-9-7-19(31)8-10-20/h2-17,25-26H,1H3,(H,35,38). The summed E-state index contributed by atoms with van der Waals surface area (Å²) >= 11 is 6.63. The first-order valence-corrected chi connectivity index (χ1v) is 12.7. The lowest BCUT2D eigenvalue weighted by Crippen LogP contribution is -2.42. The number of carbonyl (C=O) groups is 2. The van der Waals surface area contributed by atoms with Crippen LogP contribution >= 0.6 is 11.6 Å². The van der Waals surface area contributed by atoms with Gasteiger partial charge in [-0.05, 0) is 60.2 Å². The van der Waals surface area contributed by atoms with Crippen LogP contribution in [0.15, 0.2) is 91.4 Å². The molecule has 8 nitrogen and oxygen atoms in total. The molecular formula is C29H22ClFN6O2. The summed E-state index contributed by atoms with van der Waals surface area (Å²) in [6.07, 6.45) is 4.68. The molecule has 3 atom stereocenters. The topological polar surface area (TPSA) is 93.0 Å². The van der Waals surface area contributed by atoms with Gasteiger partial charge in [-0.25, -0.2) is 19.0 Å². The van der Waals surface area contributed by atoms with Crippen molar-refractivity contribution in [1.29, 1.82) is 0 Å². The Morgan fingerprint density at radius 1 is 0.974 bits per heavy atom. The first-order valence-electron chi connectivity index (χ1n) is 12.3. The lowest BCUT2D eigenvalue weighted by Gasteiger charge is -2.30. The summed E-state index contributed by atoms with van der Waals surface area (Å²) in [4.78, 5) is 36.6. The van der Waals surface area contributed by atoms with E-state index in [0.29, 0.717) is 22.0 Å². The fourth-order valence-electron chi connectivity index (χ4n) is 5.07. The summed E-state index contributed by atoms with van der Waals surface area (Å²) in [5.41, 5.74) is 2.85. The number of carbonyl (C=O) groups excluding carboxylic acids is 2. The van der Waals surface area contributed by atoms with Crippen molar-refractivity contribution in [3.8, 4) is 5.69 Å². The predicted octanol–water partition coefficient (Wildman–Crippen LogP) is 5.13. The normalized spacial score (nSPS) is 19.0. The van der Waals surface area contributed by atoms with Crippen LogP contribution in [0.4, 0.5) is 10.1 Å². The molecule has 1 aliphatic heterocycles. The Labute approximate surface area is 228 Å². The quantitative estimate of drug-likeness (QED) is 0.333. The molecule has 39 heavy (non-hydrogen) atoms. The summed E-state index contributed by atoms with van der Waals surface area (Å²) in [6, 6.07) is 19.4. The van der Waals surface area contributed by atoms with Gasteiger partial charge in [-0.15, -0.1) is 0 Å². The Morgan fingerprint density at radius 2 is 1.69 bits per heavy atom. The maximum absolute atomic E-state index is 13.8. The van der Waals surface area contributed by atoms with Crippen molar-refractivity contribution in [2.45, 2.75) is 19.0 Å². The molecule has 1 saturated heterocycles. The fraction of sp³-hybridized carbons (Fsp3) is 0.138. The number of anilines is 1. The van der Waals surface area contributed by atoms with Gasteiger partial charge in [0.2, 0.25) is 11.7 Å². The first-order chi connectivity index (χ1) is 18.9. The van der Waals surface area contributed by atoms with Crippen LogP contribution in [0.2, 0.25) is 5.02 Å². The molecule has 5 aromatic rings. The lowest BCUT2D eigenvalue weighted by molar-refractivity contribution is -0.120. The van der Waals surface area contributed by atoms with E-state index in [1.807, 2.05) is 36.4 Å². The van der Waals surface area contributed by atoms with Gasteiger partial charge in [0, 0.05) is 28.5 Å². The number of halogens is 2. The number of nitrogens with one attached hydrogen (secondary N) is 1. The molecule has 0 bridgehead atoms. The van der Waals surface area contributed by atoms with Crippen molar-refractivity contribution >= 4 is 40.0 Å². The van der Waals surface area contributed by atoms with Crippen LogP contribution in [0, 0.1) is 11.7 Å². The van der Waals surface area contributed by atoms with E-state index in [1.165, 1.54) is 24.5 Å². The summed E-state index contributed by atoms with van der Waals surface area (Å²) in [6.45, 7) is 1.79. The zero-order valence-corrected chi connectivity index (χ0v) is 21.5. The van der Waals surface area contributed by atoms with E-state index in [1.54, 1.807) is 47.0 Å². The third-order valence-corrected chi connectivity index (χ3v) is 7.32. The number of amides is 2. The van der Waals surface area contributed by atoms with Gasteiger partial charge in [-0.2, -0.15) is 5.10 Å². The van der Waals surface area contributed by atoms with Crippen molar-refractivity contribution in [2.75, 3.05) is 4.90 Å². The van der Waals surface area contributed by atoms with Crippen molar-refractivity contribution in [3.05, 3.63) is 114 Å². The summed E-state index contributed by atoms with van der Waals surface area (Å²) in [7, 11) is 0. The smallest absolute Gasteiger partial charge is 0.289 e. The zero-order valence-electron chi connectivity index (χ0n) is 20.7. The van der Waals surface area contributed by atoms with Crippen LogP contribution in [-0.2, 0) is 4.79 Å². The average molecular weight is 541 g/mol. The molecule has 0 radical (unpaired) electrons. The second kappa shape index (κ2) is 9.92. The maximum atomic E-state index is 13.8. The van der Waals surface area contributed by atoms with Gasteiger partial charge in [0.05, 0.1) is 35.4 Å². The third kappa shape index (κ3) is 4.40. The Kier molecular flexibility index (Phi) is 6.28. The molecule has 0 saturated carbocycles. The van der Waals surface area contributed by atoms with E-state index in [4.69, 9.17) is 11.6 Å². The Morgan fingerprint density at radius 3 is 2.44 bits per heavy atom. The highest BCUT2D eigenvalue weighted by molar-refractivity contribution is 6.31. The minimum absolute atomic E-state index is 0.0168. The molecule has 3 unspecified atom stereocenters. The van der Waals surface area contributed by atoms with Crippen molar-refractivity contribution in [1.82, 2.24) is 25.1 Å². The molecule has 2 amide bonds. The molecule has 194 valence electrons. The monoisotopic (exact) mass is 540 g/mol. The van der Waals surface area contributed by atoms with E-state index in [2.05, 4.69) is 20.4 Å². The number of nitrogens with zero attached hydrogens (tertiary/aromatic N) is 5. The Balaban J connectivity index is 1.42. The summed E-state index contributed by atoms with van der Waals surface area (Å²) < 4.78 is 15.1. The first kappa shape index (κ1) is 24.7. The van der Waals surface area contributed by atoms with E-state index in [-0.39, 0.29) is 17.5 Å². The number of aromatic nitrogens is 4. The van der Waals surface area contributed by atoms with E-state index < -0.39 is 23.9 Å². The van der Waals surface area contributed by atoms with Crippen molar-refractivity contribution < 1.29 is 14.0 Å². The molecule has 6 rings (SSSR count). The van der Waals surface area contributed by atoms with E-state index in [0.717, 1.165) is 10.9 Å². The molecule has 10 heteroatoms. The third-order valence-electron chi connectivity index (χ3n) is 6.98. The SMILES string of the molecule is CC1C(=O)N(c2ccc3c(cnn3-c3ccc(F)cc3)c2)C(c2ccccc2Cl)C1NC(=O)c1ncccn1. The minimum atomic E-state index is -0.605. The number of rotatable bonds is 5. The van der Waals surface area contributed by atoms with Crippen molar-refractivity contribution in [3.63, 3.8) is 0 Å². The van der Waals surface area contributed by atoms with Gasteiger partial charge in [0.1, 0.15) is 5.82 Å². The van der Waals surface area contributed by atoms with Gasteiger partial charge in [0.25, 0.3) is 5.91 Å². The summed E-state index contributed by atoms with van der Waals surface area (Å²) in [5.74, 6) is -1.51. The Hall–Kier alpha value is -4.63. The van der Waals surface area contributed by atoms with E-state index >= 15 is 0 Å². The number of fused-ring (bicyclic) bond motifs is 1. The van der Waals surface area contributed by atoms with Gasteiger partial charge in [-0.3, -0.25) is 9.59 Å². The van der Waals surface area contributed by atoms with Crippen LogP contribution in [0.5, 0.6) is 0 Å². The Bertz CT molecular complexity index is 1690. The molecule has 3 aromatic carbocycles. The highest BCUT2D eigenvalue weighted by Crippen LogP contribution is 2.43. The molecule has 1 N–H and O–H groups in total. The second-order valence-corrected chi connectivity index (χ2v) is 9.72. The number of hydrogen-bond acceptors (Lipinski definition) is 5. The highest BCUT2D eigenvalue weighted by atomic mass is 35.5. The second-order valence-electron chi connectivity index (χ2n) is 9.31. The molecule has 1 fully saturated rings. The van der Waals surface area contributed by atoms with Crippen LogP contribution < -0.4 is 10.2 Å². The van der Waals surface area contributed by atoms with Crippen LogP contribution in [-0.4, -0.2) is 37.6 Å². The van der Waals surface area contributed by atoms with Gasteiger partial charge >= 0.3 is 0 Å². The van der Waals surface area contributed by atoms with Crippen LogP contribution in [0.1, 0.15) is 29.1 Å². The zero-order chi connectivity index (χ0) is 27.1. The van der Waals surface area contributed by atoms with Gasteiger partial charge in [-0.1, -0.05) is 36.7 Å². The van der Waals surface area contributed by atoms with E-state index in [9.17, 15) is 14.0 Å². The predicted molar refractivity (Wildman–Crippen MR) is 145 cm³/mol. The molecule has 1 aliphatic rings. The molecular weight excluding hydrogens is 519 g/mol. The van der Waals surface area contributed by atoms with Gasteiger partial charge < -0.3 is 10.2 Å². The molecule has 2 aromatic heterocycles. The number of hydrogen-bond donors (Lipinski definition) is 1. The fourth-order valence-corrected chi connectivity index (χ4v) is 5.32. The van der Waals surface area contributed by atoms with Gasteiger partial charge in [0.15, 0.2) is 0 Å². The largest absolute Gasteiger partial charge is 0.343 e.